The number of benzene rings is 1. The van der Waals surface area contributed by atoms with E-state index in [1.807, 2.05) is 0 Å². The minimum absolute atomic E-state index is 0.231. The molecule has 0 radical (unpaired) electrons. The lowest BCUT2D eigenvalue weighted by atomic mass is 10.3. The molecule has 0 unspecified atom stereocenters. The van der Waals surface area contributed by atoms with E-state index in [1.54, 1.807) is 31.2 Å². The highest BCUT2D eigenvalue weighted by molar-refractivity contribution is 5.86. The van der Waals surface area contributed by atoms with Crippen LogP contribution in [0.25, 0.3) is 11.2 Å². The molecule has 3 rings (SSSR count). The molecular weight excluding hydrogens is 301 g/mol. The van der Waals surface area contributed by atoms with Crippen LogP contribution < -0.4 is 10.6 Å². The zero-order chi connectivity index (χ0) is 16.2. The fourth-order valence-electron chi connectivity index (χ4n) is 2.01. The van der Waals surface area contributed by atoms with Gasteiger partial charge < -0.3 is 15.0 Å². The van der Waals surface area contributed by atoms with E-state index in [1.165, 1.54) is 12.3 Å². The van der Waals surface area contributed by atoms with Gasteiger partial charge >= 0.3 is 6.09 Å². The molecule has 0 bridgehead atoms. The summed E-state index contributed by atoms with van der Waals surface area (Å²) in [5.41, 5.74) is 1.96. The van der Waals surface area contributed by atoms with Gasteiger partial charge in [0.1, 0.15) is 5.82 Å². The molecule has 8 heteroatoms. The lowest BCUT2D eigenvalue weighted by molar-refractivity contribution is 0.167. The van der Waals surface area contributed by atoms with E-state index in [0.717, 1.165) is 0 Å². The second-order valence-electron chi connectivity index (χ2n) is 4.63. The summed E-state index contributed by atoms with van der Waals surface area (Å²) in [5.74, 6) is -0.129. The summed E-state index contributed by atoms with van der Waals surface area (Å²) in [6.07, 6.45) is 0.931. The van der Waals surface area contributed by atoms with Crippen molar-refractivity contribution in [3.63, 3.8) is 0 Å². The SMILES string of the molecule is CCOC(=O)Nc1nc2ncc(Nc3ccccc3F)cc2[nH]1. The molecule has 118 valence electrons. The Bertz CT molecular complexity index is 849. The van der Waals surface area contributed by atoms with E-state index >= 15 is 0 Å². The number of para-hydroxylation sites is 1. The molecule has 0 aliphatic carbocycles. The van der Waals surface area contributed by atoms with Gasteiger partial charge in [-0.2, -0.15) is 4.98 Å². The van der Waals surface area contributed by atoms with Gasteiger partial charge in [0.05, 0.1) is 29.7 Å². The molecular formula is C15H14FN5O2. The first kappa shape index (κ1) is 14.8. The van der Waals surface area contributed by atoms with Crippen LogP contribution in [-0.2, 0) is 4.74 Å². The average molecular weight is 315 g/mol. The molecule has 0 aliphatic heterocycles. The maximum Gasteiger partial charge on any atom is 0.413 e. The fourth-order valence-corrected chi connectivity index (χ4v) is 2.01. The van der Waals surface area contributed by atoms with Gasteiger partial charge in [-0.25, -0.2) is 14.2 Å². The number of hydrogen-bond acceptors (Lipinski definition) is 5. The number of anilines is 3. The van der Waals surface area contributed by atoms with Crippen molar-refractivity contribution in [1.29, 1.82) is 0 Å². The molecule has 0 fully saturated rings. The zero-order valence-corrected chi connectivity index (χ0v) is 12.3. The van der Waals surface area contributed by atoms with Gasteiger partial charge in [-0.1, -0.05) is 12.1 Å². The molecule has 0 saturated carbocycles. The molecule has 0 atom stereocenters. The van der Waals surface area contributed by atoms with Crippen molar-refractivity contribution >= 4 is 34.6 Å². The summed E-state index contributed by atoms with van der Waals surface area (Å²) in [4.78, 5) is 22.6. The third-order valence-electron chi connectivity index (χ3n) is 2.99. The Morgan fingerprint density at radius 1 is 1.39 bits per heavy atom. The van der Waals surface area contributed by atoms with Crippen molar-refractivity contribution in [2.45, 2.75) is 6.92 Å². The second-order valence-corrected chi connectivity index (χ2v) is 4.63. The first-order chi connectivity index (χ1) is 11.2. The Morgan fingerprint density at radius 3 is 3.00 bits per heavy atom. The Morgan fingerprint density at radius 2 is 2.22 bits per heavy atom. The number of rotatable bonds is 4. The van der Waals surface area contributed by atoms with Crippen LogP contribution in [0.1, 0.15) is 6.92 Å². The van der Waals surface area contributed by atoms with Crippen LogP contribution in [-0.4, -0.2) is 27.7 Å². The van der Waals surface area contributed by atoms with Crippen LogP contribution in [0.4, 0.5) is 26.5 Å². The molecule has 1 aromatic carbocycles. The Hall–Kier alpha value is -3.16. The van der Waals surface area contributed by atoms with Gasteiger partial charge in [0.25, 0.3) is 0 Å². The Balaban J connectivity index is 1.82. The van der Waals surface area contributed by atoms with Crippen LogP contribution in [0.5, 0.6) is 0 Å². The van der Waals surface area contributed by atoms with Crippen molar-refractivity contribution in [1.82, 2.24) is 15.0 Å². The molecule has 0 spiro atoms. The van der Waals surface area contributed by atoms with Crippen molar-refractivity contribution in [2.75, 3.05) is 17.2 Å². The number of imidazole rings is 1. The highest BCUT2D eigenvalue weighted by Gasteiger charge is 2.09. The van der Waals surface area contributed by atoms with E-state index in [4.69, 9.17) is 4.74 Å². The average Bonchev–Trinajstić information content (AvgIpc) is 2.91. The standard InChI is InChI=1S/C15H14FN5O2/c1-2-23-15(22)21-14-19-12-7-9(8-17-13(12)20-14)18-11-6-4-3-5-10(11)16/h3-8,18H,2H2,1H3,(H2,17,19,20,21,22). The lowest BCUT2D eigenvalue weighted by Gasteiger charge is -2.06. The van der Waals surface area contributed by atoms with Crippen LogP contribution >= 0.6 is 0 Å². The zero-order valence-electron chi connectivity index (χ0n) is 12.3. The molecule has 0 saturated heterocycles. The summed E-state index contributed by atoms with van der Waals surface area (Å²) in [6, 6.07) is 8.06. The maximum atomic E-state index is 13.6. The Kier molecular flexibility index (Phi) is 4.05. The number of carbonyl (C=O) groups excluding carboxylic acids is 1. The number of amides is 1. The number of nitrogens with one attached hydrogen (secondary N) is 3. The summed E-state index contributed by atoms with van der Waals surface area (Å²) < 4.78 is 18.4. The molecule has 2 aromatic heterocycles. The molecule has 2 heterocycles. The number of ether oxygens (including phenoxy) is 1. The second kappa shape index (κ2) is 6.30. The van der Waals surface area contributed by atoms with Crippen LogP contribution in [0.3, 0.4) is 0 Å². The highest BCUT2D eigenvalue weighted by Crippen LogP contribution is 2.22. The molecule has 1 amide bonds. The molecule has 3 N–H and O–H groups in total. The summed E-state index contributed by atoms with van der Waals surface area (Å²) in [5, 5.41) is 5.40. The van der Waals surface area contributed by atoms with Gasteiger partial charge in [0.2, 0.25) is 5.95 Å². The van der Waals surface area contributed by atoms with E-state index in [-0.39, 0.29) is 18.4 Å². The number of aromatic amines is 1. The maximum absolute atomic E-state index is 13.6. The molecule has 7 nitrogen and oxygen atoms in total. The number of H-pyrrole nitrogens is 1. The minimum atomic E-state index is -0.601. The van der Waals surface area contributed by atoms with Crippen molar-refractivity contribution in [2.24, 2.45) is 0 Å². The lowest BCUT2D eigenvalue weighted by Crippen LogP contribution is -2.14. The number of carbonyl (C=O) groups is 1. The summed E-state index contributed by atoms with van der Waals surface area (Å²) in [6.45, 7) is 1.97. The number of nitrogens with zero attached hydrogens (tertiary/aromatic N) is 2. The highest BCUT2D eigenvalue weighted by atomic mass is 19.1. The van der Waals surface area contributed by atoms with Crippen molar-refractivity contribution < 1.29 is 13.9 Å². The van der Waals surface area contributed by atoms with E-state index < -0.39 is 6.09 Å². The first-order valence-corrected chi connectivity index (χ1v) is 6.97. The summed E-state index contributed by atoms with van der Waals surface area (Å²) >= 11 is 0. The minimum Gasteiger partial charge on any atom is -0.450 e. The third kappa shape index (κ3) is 3.37. The number of hydrogen-bond donors (Lipinski definition) is 3. The smallest absolute Gasteiger partial charge is 0.413 e. The monoisotopic (exact) mass is 315 g/mol. The van der Waals surface area contributed by atoms with Crippen molar-refractivity contribution in [3.05, 3.63) is 42.3 Å². The quantitative estimate of drug-likeness (QED) is 0.686. The van der Waals surface area contributed by atoms with E-state index in [0.29, 0.717) is 22.5 Å². The van der Waals surface area contributed by atoms with Gasteiger partial charge in [-0.05, 0) is 25.1 Å². The number of halogens is 1. The van der Waals surface area contributed by atoms with E-state index in [9.17, 15) is 9.18 Å². The van der Waals surface area contributed by atoms with Gasteiger partial charge in [0.15, 0.2) is 5.65 Å². The van der Waals surface area contributed by atoms with Gasteiger partial charge in [-0.15, -0.1) is 0 Å². The number of aromatic nitrogens is 3. The Labute approximate surface area is 130 Å². The third-order valence-corrected chi connectivity index (χ3v) is 2.99. The fraction of sp³-hybridized carbons (Fsp3) is 0.133. The van der Waals surface area contributed by atoms with Crippen molar-refractivity contribution in [3.8, 4) is 0 Å². The molecule has 0 aliphatic rings. The van der Waals surface area contributed by atoms with Crippen LogP contribution in [0, 0.1) is 5.82 Å². The largest absolute Gasteiger partial charge is 0.450 e. The van der Waals surface area contributed by atoms with Gasteiger partial charge in [0, 0.05) is 0 Å². The topological polar surface area (TPSA) is 91.9 Å². The van der Waals surface area contributed by atoms with Gasteiger partial charge in [-0.3, -0.25) is 5.32 Å². The summed E-state index contributed by atoms with van der Waals surface area (Å²) in [7, 11) is 0. The number of pyridine rings is 1. The predicted octanol–water partition coefficient (Wildman–Crippen LogP) is 3.41. The van der Waals surface area contributed by atoms with Crippen LogP contribution in [0.2, 0.25) is 0 Å². The normalized spacial score (nSPS) is 10.5. The predicted molar refractivity (Wildman–Crippen MR) is 84.2 cm³/mol. The van der Waals surface area contributed by atoms with Crippen LogP contribution in [0.15, 0.2) is 36.5 Å². The molecule has 3 aromatic rings. The first-order valence-electron chi connectivity index (χ1n) is 6.97. The number of fused-ring (bicyclic) bond motifs is 1. The van der Waals surface area contributed by atoms with E-state index in [2.05, 4.69) is 25.6 Å². The molecule has 23 heavy (non-hydrogen) atoms.